The molecular weight excluding hydrogens is 853 g/mol. The summed E-state index contributed by atoms with van der Waals surface area (Å²) in [6, 6.07) is 0. The molecule has 0 aliphatic carbocycles. The Hall–Kier alpha value is -1.59. The van der Waals surface area contributed by atoms with E-state index >= 15 is 0 Å². The number of esters is 3. The van der Waals surface area contributed by atoms with Crippen LogP contribution in [0.3, 0.4) is 0 Å². The molecule has 0 N–H and O–H groups in total. The molecule has 0 unspecified atom stereocenters. The number of ether oxygens (including phenoxy) is 3. The Morgan fingerprint density at radius 3 is 0.710 bits per heavy atom. The van der Waals surface area contributed by atoms with Crippen molar-refractivity contribution in [3.05, 3.63) is 0 Å². The molecule has 0 bridgehead atoms. The molecule has 6 nitrogen and oxygen atoms in total. The van der Waals surface area contributed by atoms with Crippen LogP contribution in [0.5, 0.6) is 0 Å². The second kappa shape index (κ2) is 55.7. The Balaban J connectivity index is 4.28. The monoisotopic (exact) mass is 975 g/mol. The number of rotatable bonds is 57. The molecule has 410 valence electrons. The average Bonchev–Trinajstić information content (AvgIpc) is 3.32. The van der Waals surface area contributed by atoms with Gasteiger partial charge in [0.25, 0.3) is 0 Å². The summed E-state index contributed by atoms with van der Waals surface area (Å²) in [5.74, 6) is 0.846. The van der Waals surface area contributed by atoms with Crippen LogP contribution in [-0.4, -0.2) is 37.2 Å². The Morgan fingerprint density at radius 1 is 0.275 bits per heavy atom. The molecule has 6 heteroatoms. The molecule has 0 radical (unpaired) electrons. The summed E-state index contributed by atoms with van der Waals surface area (Å²) in [5, 5.41) is 0. The van der Waals surface area contributed by atoms with Gasteiger partial charge in [-0.05, 0) is 31.1 Å². The van der Waals surface area contributed by atoms with Crippen LogP contribution in [0, 0.1) is 11.8 Å². The fraction of sp³-hybridized carbons (Fsp3) is 0.952. The van der Waals surface area contributed by atoms with Gasteiger partial charge in [-0.2, -0.15) is 0 Å². The first-order valence-electron chi connectivity index (χ1n) is 31.2. The van der Waals surface area contributed by atoms with Gasteiger partial charge in [0, 0.05) is 19.3 Å². The van der Waals surface area contributed by atoms with Crippen LogP contribution in [-0.2, 0) is 28.6 Å². The van der Waals surface area contributed by atoms with Gasteiger partial charge in [-0.25, -0.2) is 0 Å². The lowest BCUT2D eigenvalue weighted by Crippen LogP contribution is -2.30. The van der Waals surface area contributed by atoms with E-state index in [1.54, 1.807) is 0 Å². The maximum Gasteiger partial charge on any atom is 0.306 e. The van der Waals surface area contributed by atoms with E-state index in [-0.39, 0.29) is 31.1 Å². The smallest absolute Gasteiger partial charge is 0.306 e. The van der Waals surface area contributed by atoms with Gasteiger partial charge >= 0.3 is 17.9 Å². The van der Waals surface area contributed by atoms with Crippen molar-refractivity contribution in [1.29, 1.82) is 0 Å². The molecule has 0 aliphatic rings. The first kappa shape index (κ1) is 67.4. The van der Waals surface area contributed by atoms with E-state index in [0.717, 1.165) is 69.6 Å². The first-order chi connectivity index (χ1) is 33.7. The number of hydrogen-bond donors (Lipinski definition) is 0. The Labute approximate surface area is 431 Å². The molecule has 0 fully saturated rings. The van der Waals surface area contributed by atoms with Crippen molar-refractivity contribution in [3.63, 3.8) is 0 Å². The Morgan fingerprint density at radius 2 is 0.478 bits per heavy atom. The fourth-order valence-corrected chi connectivity index (χ4v) is 9.76. The van der Waals surface area contributed by atoms with Gasteiger partial charge in [0.2, 0.25) is 0 Å². The molecule has 0 spiro atoms. The minimum atomic E-state index is -0.763. The largest absolute Gasteiger partial charge is 0.462 e. The Bertz CT molecular complexity index is 1060. The predicted molar refractivity (Wildman–Crippen MR) is 298 cm³/mol. The van der Waals surface area contributed by atoms with Crippen molar-refractivity contribution in [1.82, 2.24) is 0 Å². The zero-order valence-electron chi connectivity index (χ0n) is 47.5. The topological polar surface area (TPSA) is 78.9 Å². The van der Waals surface area contributed by atoms with Gasteiger partial charge in [-0.1, -0.05) is 317 Å². The van der Waals surface area contributed by atoms with E-state index in [4.69, 9.17) is 14.2 Å². The van der Waals surface area contributed by atoms with Gasteiger partial charge in [0.1, 0.15) is 13.2 Å². The zero-order chi connectivity index (χ0) is 50.4. The third kappa shape index (κ3) is 57.2. The zero-order valence-corrected chi connectivity index (χ0v) is 47.5. The summed E-state index contributed by atoms with van der Waals surface area (Å²) in [5.41, 5.74) is 0. The first-order valence-corrected chi connectivity index (χ1v) is 31.2. The molecular formula is C63H122O6. The second-order valence-electron chi connectivity index (χ2n) is 22.6. The minimum absolute atomic E-state index is 0.0621. The highest BCUT2D eigenvalue weighted by Gasteiger charge is 2.19. The van der Waals surface area contributed by atoms with Crippen molar-refractivity contribution in [2.45, 2.75) is 362 Å². The number of hydrogen-bond acceptors (Lipinski definition) is 6. The number of carbonyl (C=O) groups excluding carboxylic acids is 3. The summed E-state index contributed by atoms with van der Waals surface area (Å²) in [7, 11) is 0. The van der Waals surface area contributed by atoms with E-state index in [0.29, 0.717) is 19.3 Å². The van der Waals surface area contributed by atoms with Gasteiger partial charge in [0.15, 0.2) is 6.10 Å². The highest BCUT2D eigenvalue weighted by molar-refractivity contribution is 5.71. The van der Waals surface area contributed by atoms with Crippen LogP contribution in [0.1, 0.15) is 356 Å². The van der Waals surface area contributed by atoms with Gasteiger partial charge in [-0.3, -0.25) is 14.4 Å². The van der Waals surface area contributed by atoms with Gasteiger partial charge < -0.3 is 14.2 Å². The van der Waals surface area contributed by atoms with E-state index in [2.05, 4.69) is 34.6 Å². The van der Waals surface area contributed by atoms with Crippen LogP contribution >= 0.6 is 0 Å². The van der Waals surface area contributed by atoms with E-state index in [1.807, 2.05) is 0 Å². The van der Waals surface area contributed by atoms with Crippen molar-refractivity contribution in [2.24, 2.45) is 11.8 Å². The molecule has 0 heterocycles. The number of unbranched alkanes of at least 4 members (excludes halogenated alkanes) is 42. The summed E-state index contributed by atoms with van der Waals surface area (Å²) in [6.45, 7) is 11.4. The Kier molecular flexibility index (Phi) is 54.4. The lowest BCUT2D eigenvalue weighted by Gasteiger charge is -2.18. The van der Waals surface area contributed by atoms with E-state index < -0.39 is 6.10 Å². The maximum atomic E-state index is 12.9. The lowest BCUT2D eigenvalue weighted by atomic mass is 10.0. The van der Waals surface area contributed by atoms with Gasteiger partial charge in [-0.15, -0.1) is 0 Å². The molecule has 0 aromatic carbocycles. The van der Waals surface area contributed by atoms with Crippen LogP contribution in [0.4, 0.5) is 0 Å². The summed E-state index contributed by atoms with van der Waals surface area (Å²) < 4.78 is 16.9. The summed E-state index contributed by atoms with van der Waals surface area (Å²) in [4.78, 5) is 38.3. The second-order valence-corrected chi connectivity index (χ2v) is 22.6. The molecule has 0 amide bonds. The van der Waals surface area contributed by atoms with Crippen molar-refractivity contribution >= 4 is 17.9 Å². The highest BCUT2D eigenvalue weighted by atomic mass is 16.6. The third-order valence-electron chi connectivity index (χ3n) is 14.5. The van der Waals surface area contributed by atoms with Crippen LogP contribution in [0.15, 0.2) is 0 Å². The fourth-order valence-electron chi connectivity index (χ4n) is 9.76. The highest BCUT2D eigenvalue weighted by Crippen LogP contribution is 2.19. The molecule has 0 aromatic rings. The van der Waals surface area contributed by atoms with Crippen LogP contribution < -0.4 is 0 Å². The van der Waals surface area contributed by atoms with Crippen LogP contribution in [0.2, 0.25) is 0 Å². The minimum Gasteiger partial charge on any atom is -0.462 e. The maximum absolute atomic E-state index is 12.9. The lowest BCUT2D eigenvalue weighted by molar-refractivity contribution is -0.167. The molecule has 0 saturated heterocycles. The molecule has 1 atom stereocenters. The molecule has 0 aliphatic heterocycles. The molecule has 0 rings (SSSR count). The average molecular weight is 976 g/mol. The summed E-state index contributed by atoms with van der Waals surface area (Å²) in [6.07, 6.45) is 61.0. The van der Waals surface area contributed by atoms with Crippen LogP contribution in [0.25, 0.3) is 0 Å². The molecule has 0 aromatic heterocycles. The summed E-state index contributed by atoms with van der Waals surface area (Å²) >= 11 is 0. The predicted octanol–water partition coefficient (Wildman–Crippen LogP) is 20.8. The van der Waals surface area contributed by atoms with E-state index in [1.165, 1.54) is 244 Å². The SMILES string of the molecule is CCCCCCCCCCCCCCCCCCCCC(=O)O[C@H](COC(=O)CCCCCCCCCCCCCCCCCCC(C)C)COC(=O)CCCCCCCCCCCCCC(C)C. The van der Waals surface area contributed by atoms with Crippen molar-refractivity contribution in [2.75, 3.05) is 13.2 Å². The molecule has 69 heavy (non-hydrogen) atoms. The van der Waals surface area contributed by atoms with Crippen molar-refractivity contribution in [3.8, 4) is 0 Å². The number of carbonyl (C=O) groups is 3. The molecule has 0 saturated carbocycles. The quantitative estimate of drug-likeness (QED) is 0.0343. The normalized spacial score (nSPS) is 12.0. The standard InChI is InChI=1S/C63H122O6/c1-6-7-8-9-10-11-12-13-14-15-16-21-24-29-35-40-45-50-55-63(66)69-60(57-68-62(65)54-49-44-39-34-30-25-27-32-37-42-47-52-59(4)5)56-67-61(64)53-48-43-38-33-28-23-20-18-17-19-22-26-31-36-41-46-51-58(2)3/h58-60H,6-57H2,1-5H3/t60-/m1/s1. The van der Waals surface area contributed by atoms with E-state index in [9.17, 15) is 14.4 Å². The van der Waals surface area contributed by atoms with Gasteiger partial charge in [0.05, 0.1) is 0 Å². The third-order valence-corrected chi connectivity index (χ3v) is 14.5. The van der Waals surface area contributed by atoms with Crippen molar-refractivity contribution < 1.29 is 28.6 Å².